The average Bonchev–Trinajstić information content (AvgIpc) is 3.53. The number of alkyl halides is 3. The monoisotopic (exact) mass is 695 g/mol. The number of amides is 4. The van der Waals surface area contributed by atoms with Crippen LogP contribution in [0.4, 0.5) is 28.4 Å². The molecule has 3 fully saturated rings. The van der Waals surface area contributed by atoms with Crippen LogP contribution >= 0.6 is 0 Å². The summed E-state index contributed by atoms with van der Waals surface area (Å²) in [7, 11) is 0. The maximum absolute atomic E-state index is 14.0. The molecule has 4 aliphatic rings. The Balaban J connectivity index is 1.03. The van der Waals surface area contributed by atoms with E-state index in [1.54, 1.807) is 11.0 Å². The number of H-pyrrole nitrogens is 1. The molecule has 11 nitrogen and oxygen atoms in total. The number of nitrogens with one attached hydrogen (secondary N) is 3. The van der Waals surface area contributed by atoms with Gasteiger partial charge in [0.05, 0.1) is 17.3 Å². The lowest BCUT2D eigenvalue weighted by Crippen LogP contribution is -2.52. The maximum Gasteiger partial charge on any atom is 0.418 e. The van der Waals surface area contributed by atoms with Gasteiger partial charge in [0.25, 0.3) is 5.91 Å². The van der Waals surface area contributed by atoms with Gasteiger partial charge in [0.15, 0.2) is 6.10 Å². The number of para-hydroxylation sites is 1. The molecule has 0 aliphatic carbocycles. The van der Waals surface area contributed by atoms with Crippen molar-refractivity contribution in [2.24, 2.45) is 11.8 Å². The van der Waals surface area contributed by atoms with Crippen molar-refractivity contribution in [1.29, 1.82) is 0 Å². The lowest BCUT2D eigenvalue weighted by Gasteiger charge is -2.39. The summed E-state index contributed by atoms with van der Waals surface area (Å²) in [6.07, 6.45) is 0.202. The highest BCUT2D eigenvalue weighted by molar-refractivity contribution is 5.91. The van der Waals surface area contributed by atoms with Gasteiger partial charge in [-0.2, -0.15) is 18.3 Å². The molecule has 2 aromatic carbocycles. The van der Waals surface area contributed by atoms with E-state index >= 15 is 0 Å². The fraction of sp³-hybridized carbons (Fsp3) is 0.556. The van der Waals surface area contributed by atoms with Crippen molar-refractivity contribution in [1.82, 2.24) is 30.2 Å². The van der Waals surface area contributed by atoms with Gasteiger partial charge in [-0.1, -0.05) is 18.2 Å². The summed E-state index contributed by atoms with van der Waals surface area (Å²) in [5.41, 5.74) is 1.09. The molecule has 268 valence electrons. The molecule has 1 atom stereocenters. The van der Waals surface area contributed by atoms with E-state index in [0.717, 1.165) is 62.5 Å². The number of hydrogen-bond donors (Lipinski definition) is 3. The normalized spacial score (nSPS) is 20.7. The van der Waals surface area contributed by atoms with E-state index in [4.69, 9.17) is 4.74 Å². The zero-order chi connectivity index (χ0) is 34.8. The van der Waals surface area contributed by atoms with Gasteiger partial charge < -0.3 is 30.1 Å². The fourth-order valence-corrected chi connectivity index (χ4v) is 8.26. The predicted molar refractivity (Wildman–Crippen MR) is 180 cm³/mol. The lowest BCUT2D eigenvalue weighted by atomic mass is 9.79. The van der Waals surface area contributed by atoms with Crippen molar-refractivity contribution < 1.29 is 32.3 Å². The van der Waals surface area contributed by atoms with Crippen LogP contribution in [0.15, 0.2) is 42.6 Å². The number of ether oxygens (including phenoxy) is 1. The van der Waals surface area contributed by atoms with E-state index in [-0.39, 0.29) is 35.0 Å². The van der Waals surface area contributed by atoms with Crippen molar-refractivity contribution in [3.05, 3.63) is 59.3 Å². The number of urea groups is 1. The van der Waals surface area contributed by atoms with Crippen LogP contribution in [0, 0.1) is 11.8 Å². The number of anilines is 1. The van der Waals surface area contributed by atoms with Crippen LogP contribution in [0.1, 0.15) is 55.2 Å². The zero-order valence-electron chi connectivity index (χ0n) is 28.0. The molecule has 1 unspecified atom stereocenters. The molecule has 1 aromatic heterocycles. The number of benzene rings is 2. The number of hydrogen-bond acceptors (Lipinski definition) is 6. The highest BCUT2D eigenvalue weighted by Crippen LogP contribution is 2.36. The van der Waals surface area contributed by atoms with Gasteiger partial charge in [-0.25, -0.2) is 9.59 Å². The molecule has 3 N–H and O–H groups in total. The van der Waals surface area contributed by atoms with Crippen molar-refractivity contribution >= 4 is 34.6 Å². The van der Waals surface area contributed by atoms with E-state index in [2.05, 4.69) is 20.8 Å². The molecule has 50 heavy (non-hydrogen) atoms. The third kappa shape index (κ3) is 7.40. The summed E-state index contributed by atoms with van der Waals surface area (Å²) in [5.74, 6) is 0.739. The zero-order valence-corrected chi connectivity index (χ0v) is 28.0. The van der Waals surface area contributed by atoms with Crippen LogP contribution in [0.3, 0.4) is 0 Å². The number of fused-ring (bicyclic) bond motifs is 2. The van der Waals surface area contributed by atoms with Crippen LogP contribution in [-0.4, -0.2) is 101 Å². The molecule has 5 heterocycles. The molecule has 0 saturated carbocycles. The number of carbonyl (C=O) groups excluding carboxylic acids is 3. The summed E-state index contributed by atoms with van der Waals surface area (Å²) in [6, 6.07) is 10.1. The smallest absolute Gasteiger partial charge is 0.418 e. The quantitative estimate of drug-likeness (QED) is 0.317. The van der Waals surface area contributed by atoms with Gasteiger partial charge in [-0.15, -0.1) is 0 Å². The lowest BCUT2D eigenvalue weighted by molar-refractivity contribution is -0.142. The number of nitrogens with zero attached hydrogens (tertiary/aromatic N) is 4. The van der Waals surface area contributed by atoms with Crippen molar-refractivity contribution in [2.75, 3.05) is 51.1 Å². The van der Waals surface area contributed by atoms with E-state index in [9.17, 15) is 27.6 Å². The largest absolute Gasteiger partial charge is 0.436 e. The van der Waals surface area contributed by atoms with Gasteiger partial charge in [-0.05, 0) is 99.2 Å². The number of rotatable bonds is 6. The third-order valence-corrected chi connectivity index (χ3v) is 11.1. The van der Waals surface area contributed by atoms with Gasteiger partial charge in [-0.3, -0.25) is 9.89 Å². The first-order valence-corrected chi connectivity index (χ1v) is 17.8. The first-order chi connectivity index (χ1) is 24.1. The third-order valence-electron chi connectivity index (χ3n) is 11.1. The summed E-state index contributed by atoms with van der Waals surface area (Å²) in [4.78, 5) is 45.8. The van der Waals surface area contributed by atoms with Gasteiger partial charge in [0.1, 0.15) is 0 Å². The molecule has 4 amide bonds. The molecule has 14 heteroatoms. The summed E-state index contributed by atoms with van der Waals surface area (Å²) < 4.78 is 48.0. The first kappa shape index (κ1) is 34.1. The Labute approximate surface area is 288 Å². The van der Waals surface area contributed by atoms with Crippen LogP contribution in [-0.2, 0) is 28.5 Å². The average molecular weight is 696 g/mol. The van der Waals surface area contributed by atoms with Crippen LogP contribution in [0.5, 0.6) is 0 Å². The Kier molecular flexibility index (Phi) is 9.89. The minimum absolute atomic E-state index is 0.0745. The predicted octanol–water partition coefficient (Wildman–Crippen LogP) is 5.42. The minimum atomic E-state index is -4.65. The van der Waals surface area contributed by atoms with E-state index < -0.39 is 29.8 Å². The minimum Gasteiger partial charge on any atom is -0.436 e. The van der Waals surface area contributed by atoms with Gasteiger partial charge >= 0.3 is 18.3 Å². The Morgan fingerprint density at radius 1 is 0.920 bits per heavy atom. The van der Waals surface area contributed by atoms with E-state index in [1.807, 2.05) is 29.2 Å². The highest BCUT2D eigenvalue weighted by Gasteiger charge is 2.38. The van der Waals surface area contributed by atoms with Crippen LogP contribution in [0.25, 0.3) is 10.9 Å². The molecule has 0 radical (unpaired) electrons. The number of carbonyl (C=O) groups is 3. The molecule has 3 saturated heterocycles. The Bertz CT molecular complexity index is 1690. The fourth-order valence-electron chi connectivity index (χ4n) is 8.26. The molecule has 0 bridgehead atoms. The van der Waals surface area contributed by atoms with Crippen molar-refractivity contribution in [3.63, 3.8) is 0 Å². The second kappa shape index (κ2) is 14.5. The molecular weight excluding hydrogens is 651 g/mol. The maximum atomic E-state index is 14.0. The number of likely N-dealkylation sites (tertiary alicyclic amines) is 2. The van der Waals surface area contributed by atoms with Gasteiger partial charge in [0.2, 0.25) is 0 Å². The number of aromatic nitrogens is 2. The van der Waals surface area contributed by atoms with Crippen molar-refractivity contribution in [2.45, 2.75) is 69.7 Å². The van der Waals surface area contributed by atoms with Crippen LogP contribution in [0.2, 0.25) is 0 Å². The standard InChI is InChI=1S/C36H44F3N7O4/c37-36(38,39)29-20-23(19-27-22-41-43-32(27)29)21-31(33(47)44-14-7-25(8-15-44)24-5-12-40-13-6-24)50-35(49)45-16-10-28(11-17-45)46-18-9-26-3-1-2-4-30(26)42-34(46)48/h1-4,19-20,22,24-25,28,31,40H,5-18,21H2,(H,41,43)(H,42,48). The second-order valence-corrected chi connectivity index (χ2v) is 14.1. The molecule has 0 spiro atoms. The molecule has 3 aromatic rings. The highest BCUT2D eigenvalue weighted by atomic mass is 19.4. The van der Waals surface area contributed by atoms with E-state index in [0.29, 0.717) is 57.4 Å². The molecular formula is C36H44F3N7O4. The number of aromatic amines is 1. The number of halogens is 3. The van der Waals surface area contributed by atoms with Crippen LogP contribution < -0.4 is 10.6 Å². The SMILES string of the molecule is O=C(OC(Cc1cc(C(F)(F)F)c2[nH]ncc2c1)C(=O)N1CCC(C2CCNCC2)CC1)N1CCC(N2CCc3ccccc3NC2=O)CC1. The molecule has 4 aliphatic heterocycles. The summed E-state index contributed by atoms with van der Waals surface area (Å²) >= 11 is 0. The van der Waals surface area contributed by atoms with E-state index in [1.165, 1.54) is 11.1 Å². The molecule has 7 rings (SSSR count). The topological polar surface area (TPSA) is 123 Å². The number of piperidine rings is 3. The summed E-state index contributed by atoms with van der Waals surface area (Å²) in [5, 5.41) is 12.9. The van der Waals surface area contributed by atoms with Crippen molar-refractivity contribution in [3.8, 4) is 0 Å². The van der Waals surface area contributed by atoms with Gasteiger partial charge in [0, 0.05) is 56.3 Å². The summed E-state index contributed by atoms with van der Waals surface area (Å²) in [6.45, 7) is 4.24. The second-order valence-electron chi connectivity index (χ2n) is 14.1. The Morgan fingerprint density at radius 2 is 1.62 bits per heavy atom. The Hall–Kier alpha value is -4.33. The Morgan fingerprint density at radius 3 is 2.36 bits per heavy atom. The first-order valence-electron chi connectivity index (χ1n) is 17.8.